The SMILES string of the molecule is CC[C@H](N)c1ccccc1-n1cc(C(F)(F)F)cn1. The Kier molecular flexibility index (Phi) is 3.61. The predicted octanol–water partition coefficient (Wildman–Crippen LogP) is 3.30. The molecule has 0 bridgehead atoms. The summed E-state index contributed by atoms with van der Waals surface area (Å²) in [6, 6.07) is 6.84. The highest BCUT2D eigenvalue weighted by atomic mass is 19.4. The van der Waals surface area contributed by atoms with Crippen molar-refractivity contribution in [3.8, 4) is 5.69 Å². The van der Waals surface area contributed by atoms with E-state index in [1.54, 1.807) is 18.2 Å². The molecule has 19 heavy (non-hydrogen) atoms. The van der Waals surface area contributed by atoms with Gasteiger partial charge in [-0.05, 0) is 18.1 Å². The van der Waals surface area contributed by atoms with Gasteiger partial charge in [0.1, 0.15) is 0 Å². The largest absolute Gasteiger partial charge is 0.419 e. The molecule has 2 rings (SSSR count). The van der Waals surface area contributed by atoms with Crippen LogP contribution < -0.4 is 5.73 Å². The average molecular weight is 269 g/mol. The number of aromatic nitrogens is 2. The molecule has 0 spiro atoms. The average Bonchev–Trinajstić information content (AvgIpc) is 2.87. The summed E-state index contributed by atoms with van der Waals surface area (Å²) in [4.78, 5) is 0. The first-order valence-corrected chi connectivity index (χ1v) is 5.90. The Labute approximate surface area is 108 Å². The summed E-state index contributed by atoms with van der Waals surface area (Å²) in [7, 11) is 0. The van der Waals surface area contributed by atoms with E-state index in [9.17, 15) is 13.2 Å². The molecule has 2 aromatic rings. The maximum atomic E-state index is 12.6. The van der Waals surface area contributed by atoms with Gasteiger partial charge in [-0.1, -0.05) is 25.1 Å². The molecule has 0 saturated carbocycles. The molecule has 102 valence electrons. The molecule has 0 aliphatic rings. The Morgan fingerprint density at radius 3 is 2.58 bits per heavy atom. The van der Waals surface area contributed by atoms with Crippen molar-refractivity contribution in [2.45, 2.75) is 25.6 Å². The first kappa shape index (κ1) is 13.6. The number of rotatable bonds is 3. The molecule has 0 aliphatic carbocycles. The highest BCUT2D eigenvalue weighted by Gasteiger charge is 2.32. The lowest BCUT2D eigenvalue weighted by molar-refractivity contribution is -0.137. The van der Waals surface area contributed by atoms with Gasteiger partial charge in [0, 0.05) is 12.2 Å². The van der Waals surface area contributed by atoms with Gasteiger partial charge in [0.25, 0.3) is 0 Å². The van der Waals surface area contributed by atoms with E-state index in [1.165, 1.54) is 4.68 Å². The van der Waals surface area contributed by atoms with Crippen LogP contribution in [0.3, 0.4) is 0 Å². The minimum atomic E-state index is -4.39. The third-order valence-electron chi connectivity index (χ3n) is 2.93. The van der Waals surface area contributed by atoms with E-state index in [0.29, 0.717) is 12.1 Å². The van der Waals surface area contributed by atoms with E-state index >= 15 is 0 Å². The number of hydrogen-bond acceptors (Lipinski definition) is 2. The van der Waals surface area contributed by atoms with E-state index in [2.05, 4.69) is 5.10 Å². The molecule has 1 atom stereocenters. The second-order valence-corrected chi connectivity index (χ2v) is 4.24. The lowest BCUT2D eigenvalue weighted by Gasteiger charge is -2.14. The summed E-state index contributed by atoms with van der Waals surface area (Å²) >= 11 is 0. The van der Waals surface area contributed by atoms with Crippen LogP contribution >= 0.6 is 0 Å². The second kappa shape index (κ2) is 5.05. The number of nitrogens with zero attached hydrogens (tertiary/aromatic N) is 2. The smallest absolute Gasteiger partial charge is 0.324 e. The van der Waals surface area contributed by atoms with Gasteiger partial charge in [-0.25, -0.2) is 4.68 Å². The van der Waals surface area contributed by atoms with E-state index in [-0.39, 0.29) is 6.04 Å². The van der Waals surface area contributed by atoms with Gasteiger partial charge in [0.2, 0.25) is 0 Å². The van der Waals surface area contributed by atoms with E-state index in [0.717, 1.165) is 18.0 Å². The highest BCUT2D eigenvalue weighted by Crippen LogP contribution is 2.30. The third kappa shape index (κ3) is 2.78. The van der Waals surface area contributed by atoms with Crippen molar-refractivity contribution in [1.29, 1.82) is 0 Å². The Morgan fingerprint density at radius 2 is 2.00 bits per heavy atom. The number of alkyl halides is 3. The van der Waals surface area contributed by atoms with Crippen molar-refractivity contribution in [3.05, 3.63) is 47.8 Å². The van der Waals surface area contributed by atoms with Gasteiger partial charge in [0.15, 0.2) is 0 Å². The first-order valence-electron chi connectivity index (χ1n) is 5.90. The van der Waals surface area contributed by atoms with E-state index < -0.39 is 11.7 Å². The Hall–Kier alpha value is -1.82. The summed E-state index contributed by atoms with van der Waals surface area (Å²) in [5.41, 5.74) is 6.55. The Morgan fingerprint density at radius 1 is 1.32 bits per heavy atom. The van der Waals surface area contributed by atoms with Crippen LogP contribution in [0, 0.1) is 0 Å². The summed E-state index contributed by atoms with van der Waals surface area (Å²) in [5, 5.41) is 3.77. The van der Waals surface area contributed by atoms with Crippen LogP contribution in [0.15, 0.2) is 36.7 Å². The Balaban J connectivity index is 2.45. The molecule has 0 amide bonds. The minimum absolute atomic E-state index is 0.227. The molecule has 0 saturated heterocycles. The highest BCUT2D eigenvalue weighted by molar-refractivity contribution is 5.42. The van der Waals surface area contributed by atoms with E-state index in [1.807, 2.05) is 13.0 Å². The molecule has 1 aromatic heterocycles. The lowest BCUT2D eigenvalue weighted by atomic mass is 10.0. The molecule has 3 nitrogen and oxygen atoms in total. The van der Waals surface area contributed by atoms with Crippen molar-refractivity contribution < 1.29 is 13.2 Å². The van der Waals surface area contributed by atoms with Crippen LogP contribution in [0.4, 0.5) is 13.2 Å². The van der Waals surface area contributed by atoms with E-state index in [4.69, 9.17) is 5.73 Å². The maximum Gasteiger partial charge on any atom is 0.419 e. The second-order valence-electron chi connectivity index (χ2n) is 4.24. The van der Waals surface area contributed by atoms with Gasteiger partial charge in [0.05, 0.1) is 17.4 Å². The number of benzene rings is 1. The number of nitrogens with two attached hydrogens (primary N) is 1. The summed E-state index contributed by atoms with van der Waals surface area (Å²) in [6.07, 6.45) is -1.90. The fourth-order valence-electron chi connectivity index (χ4n) is 1.83. The van der Waals surface area contributed by atoms with Gasteiger partial charge in [-0.15, -0.1) is 0 Å². The van der Waals surface area contributed by atoms with Crippen LogP contribution in [-0.4, -0.2) is 9.78 Å². The van der Waals surface area contributed by atoms with Gasteiger partial charge >= 0.3 is 6.18 Å². The molecule has 0 unspecified atom stereocenters. The topological polar surface area (TPSA) is 43.8 Å². The van der Waals surface area contributed by atoms with Crippen LogP contribution in [0.2, 0.25) is 0 Å². The lowest BCUT2D eigenvalue weighted by Crippen LogP contribution is -2.12. The third-order valence-corrected chi connectivity index (χ3v) is 2.93. The van der Waals surface area contributed by atoms with Gasteiger partial charge < -0.3 is 5.73 Å². The molecule has 2 N–H and O–H groups in total. The van der Waals surface area contributed by atoms with Crippen LogP contribution in [0.1, 0.15) is 30.5 Å². The number of halogens is 3. The fraction of sp³-hybridized carbons (Fsp3) is 0.308. The van der Waals surface area contributed by atoms with Crippen molar-refractivity contribution >= 4 is 0 Å². The first-order chi connectivity index (χ1) is 8.93. The Bertz CT molecular complexity index is 560. The standard InChI is InChI=1S/C13H14F3N3/c1-2-11(17)10-5-3-4-6-12(10)19-8-9(7-18-19)13(14,15)16/h3-8,11H,2,17H2,1H3/t11-/m0/s1. The maximum absolute atomic E-state index is 12.6. The van der Waals surface area contributed by atoms with Gasteiger partial charge in [-0.3, -0.25) is 0 Å². The summed E-state index contributed by atoms with van der Waals surface area (Å²) in [6.45, 7) is 1.92. The molecule has 6 heteroatoms. The van der Waals surface area contributed by atoms with Crippen molar-refractivity contribution in [3.63, 3.8) is 0 Å². The fourth-order valence-corrected chi connectivity index (χ4v) is 1.83. The zero-order valence-corrected chi connectivity index (χ0v) is 10.4. The van der Waals surface area contributed by atoms with Crippen molar-refractivity contribution in [2.24, 2.45) is 5.73 Å². The number of hydrogen-bond donors (Lipinski definition) is 1. The minimum Gasteiger partial charge on any atom is -0.324 e. The predicted molar refractivity (Wildman–Crippen MR) is 65.8 cm³/mol. The normalized spacial score (nSPS) is 13.5. The van der Waals surface area contributed by atoms with Crippen molar-refractivity contribution in [2.75, 3.05) is 0 Å². The monoisotopic (exact) mass is 269 g/mol. The molecule has 1 aromatic carbocycles. The van der Waals surface area contributed by atoms with Gasteiger partial charge in [-0.2, -0.15) is 18.3 Å². The molecular weight excluding hydrogens is 255 g/mol. The summed E-state index contributed by atoms with van der Waals surface area (Å²) in [5.74, 6) is 0. The number of para-hydroxylation sites is 1. The summed E-state index contributed by atoms with van der Waals surface area (Å²) < 4.78 is 38.9. The zero-order valence-electron chi connectivity index (χ0n) is 10.4. The molecule has 1 heterocycles. The molecular formula is C13H14F3N3. The zero-order chi connectivity index (χ0) is 14.0. The van der Waals surface area contributed by atoms with Crippen LogP contribution in [0.25, 0.3) is 5.69 Å². The molecule has 0 fully saturated rings. The van der Waals surface area contributed by atoms with Crippen LogP contribution in [-0.2, 0) is 6.18 Å². The van der Waals surface area contributed by atoms with Crippen molar-refractivity contribution in [1.82, 2.24) is 9.78 Å². The molecule has 0 aliphatic heterocycles. The van der Waals surface area contributed by atoms with Crippen LogP contribution in [0.5, 0.6) is 0 Å². The molecule has 0 radical (unpaired) electrons. The quantitative estimate of drug-likeness (QED) is 0.929.